The Morgan fingerprint density at radius 3 is 2.95 bits per heavy atom. The molecule has 1 aromatic heterocycles. The number of nitrogens with zero attached hydrogens (tertiary/aromatic N) is 1. The second kappa shape index (κ2) is 7.88. The predicted molar refractivity (Wildman–Crippen MR) is 83.0 cm³/mol. The zero-order valence-corrected chi connectivity index (χ0v) is 13.1. The van der Waals surface area contributed by atoms with Crippen molar-refractivity contribution in [1.29, 1.82) is 0 Å². The third-order valence-electron chi connectivity index (χ3n) is 3.58. The molecule has 1 amide bonds. The molecular weight excluding hydrogens is 280 g/mol. The molecule has 0 spiro atoms. The van der Waals surface area contributed by atoms with Crippen LogP contribution in [0.2, 0.25) is 0 Å². The number of carbonyl (C=O) groups is 1. The predicted octanol–water partition coefficient (Wildman–Crippen LogP) is 2.75. The highest BCUT2D eigenvalue weighted by Gasteiger charge is 2.26. The summed E-state index contributed by atoms with van der Waals surface area (Å²) in [5, 5.41) is 0. The van der Waals surface area contributed by atoms with E-state index in [9.17, 15) is 4.79 Å². The van der Waals surface area contributed by atoms with Crippen LogP contribution in [-0.4, -0.2) is 29.9 Å². The highest BCUT2D eigenvalue weighted by atomic mass is 35.5. The van der Waals surface area contributed by atoms with Gasteiger partial charge in [0.2, 0.25) is 5.91 Å². The van der Waals surface area contributed by atoms with Gasteiger partial charge >= 0.3 is 0 Å². The number of carbonyl (C=O) groups excluding carboxylic acids is 1. The van der Waals surface area contributed by atoms with Crippen molar-refractivity contribution < 1.29 is 4.79 Å². The van der Waals surface area contributed by atoms with Crippen LogP contribution in [-0.2, 0) is 11.2 Å². The maximum absolute atomic E-state index is 12.1. The van der Waals surface area contributed by atoms with Gasteiger partial charge in [0, 0.05) is 35.3 Å². The van der Waals surface area contributed by atoms with E-state index in [1.165, 1.54) is 9.75 Å². The summed E-state index contributed by atoms with van der Waals surface area (Å²) in [6, 6.07) is 4.61. The molecule has 1 aliphatic heterocycles. The van der Waals surface area contributed by atoms with Gasteiger partial charge in [-0.25, -0.2) is 0 Å². The minimum Gasteiger partial charge on any atom is -0.338 e. The van der Waals surface area contributed by atoms with Crippen LogP contribution in [0.1, 0.15) is 35.4 Å². The highest BCUT2D eigenvalue weighted by molar-refractivity contribution is 7.11. The Labute approximate surface area is 125 Å². The molecule has 0 aliphatic carbocycles. The van der Waals surface area contributed by atoms with Crippen LogP contribution in [0.25, 0.3) is 0 Å². The van der Waals surface area contributed by atoms with Crippen LogP contribution in [0, 0.1) is 6.92 Å². The van der Waals surface area contributed by atoms with Crippen LogP contribution in [0.15, 0.2) is 12.1 Å². The van der Waals surface area contributed by atoms with E-state index in [4.69, 9.17) is 5.73 Å². The van der Waals surface area contributed by atoms with Gasteiger partial charge in [-0.1, -0.05) is 0 Å². The molecule has 1 aliphatic rings. The van der Waals surface area contributed by atoms with E-state index in [2.05, 4.69) is 19.1 Å². The molecule has 2 heterocycles. The third kappa shape index (κ3) is 4.48. The number of hydrogen-bond acceptors (Lipinski definition) is 3. The van der Waals surface area contributed by atoms with Gasteiger partial charge in [0.05, 0.1) is 0 Å². The molecule has 0 saturated carbocycles. The van der Waals surface area contributed by atoms with Crippen molar-refractivity contribution >= 4 is 29.7 Å². The quantitative estimate of drug-likeness (QED) is 0.909. The van der Waals surface area contributed by atoms with Crippen molar-refractivity contribution in [2.24, 2.45) is 5.73 Å². The fraction of sp³-hybridized carbons (Fsp3) is 0.643. The van der Waals surface area contributed by atoms with E-state index < -0.39 is 0 Å². The average Bonchev–Trinajstić information content (AvgIpc) is 2.97. The first-order chi connectivity index (χ1) is 8.70. The molecule has 1 aromatic rings. The second-order valence-electron chi connectivity index (χ2n) is 4.98. The Morgan fingerprint density at radius 2 is 2.32 bits per heavy atom. The first-order valence-corrected chi connectivity index (χ1v) is 7.57. The summed E-state index contributed by atoms with van der Waals surface area (Å²) < 4.78 is 0. The largest absolute Gasteiger partial charge is 0.338 e. The highest BCUT2D eigenvalue weighted by Crippen LogP contribution is 2.20. The summed E-state index contributed by atoms with van der Waals surface area (Å²) >= 11 is 1.83. The smallest absolute Gasteiger partial charge is 0.222 e. The molecule has 1 atom stereocenters. The van der Waals surface area contributed by atoms with Gasteiger partial charge in [0.25, 0.3) is 0 Å². The van der Waals surface area contributed by atoms with E-state index in [1.54, 1.807) is 0 Å². The third-order valence-corrected chi connectivity index (χ3v) is 4.64. The van der Waals surface area contributed by atoms with Crippen molar-refractivity contribution in [2.45, 2.75) is 45.1 Å². The van der Waals surface area contributed by atoms with Crippen LogP contribution >= 0.6 is 23.7 Å². The van der Waals surface area contributed by atoms with Gasteiger partial charge in [-0.2, -0.15) is 0 Å². The van der Waals surface area contributed by atoms with Gasteiger partial charge in [0.15, 0.2) is 0 Å². The van der Waals surface area contributed by atoms with Crippen molar-refractivity contribution in [3.05, 3.63) is 21.9 Å². The van der Waals surface area contributed by atoms with Gasteiger partial charge in [0.1, 0.15) is 0 Å². The van der Waals surface area contributed by atoms with Crippen LogP contribution < -0.4 is 5.73 Å². The molecule has 0 bridgehead atoms. The molecule has 0 aromatic carbocycles. The normalized spacial score (nSPS) is 18.4. The number of likely N-dealkylation sites (tertiary alicyclic amines) is 1. The number of thiophene rings is 1. The van der Waals surface area contributed by atoms with Crippen LogP contribution in [0.4, 0.5) is 0 Å². The van der Waals surface area contributed by atoms with E-state index in [0.29, 0.717) is 19.0 Å². The lowest BCUT2D eigenvalue weighted by molar-refractivity contribution is -0.131. The van der Waals surface area contributed by atoms with Gasteiger partial charge in [-0.15, -0.1) is 23.7 Å². The maximum atomic E-state index is 12.1. The summed E-state index contributed by atoms with van der Waals surface area (Å²) in [4.78, 5) is 16.8. The molecule has 2 rings (SSSR count). The molecule has 108 valence electrons. The monoisotopic (exact) mass is 302 g/mol. The Balaban J connectivity index is 0.00000180. The Kier molecular flexibility index (Phi) is 6.83. The zero-order chi connectivity index (χ0) is 13.0. The summed E-state index contributed by atoms with van der Waals surface area (Å²) in [7, 11) is 0. The Bertz CT molecular complexity index is 408. The standard InChI is InChI=1S/C14H22N2OS.ClH/c1-11-7-8-13(18-11)5-2-6-14(17)16-9-3-4-12(16)10-15;/h7-8,12H,2-6,9-10,15H2,1H3;1H. The number of nitrogens with two attached hydrogens (primary N) is 1. The average molecular weight is 303 g/mol. The van der Waals surface area contributed by atoms with E-state index in [-0.39, 0.29) is 18.3 Å². The lowest BCUT2D eigenvalue weighted by atomic mass is 10.2. The number of amides is 1. The molecular formula is C14H23ClN2OS. The molecule has 5 heteroatoms. The molecule has 1 fully saturated rings. The number of rotatable bonds is 5. The summed E-state index contributed by atoms with van der Waals surface area (Å²) in [6.07, 6.45) is 4.81. The first-order valence-electron chi connectivity index (χ1n) is 6.75. The van der Waals surface area contributed by atoms with E-state index >= 15 is 0 Å². The van der Waals surface area contributed by atoms with Crippen molar-refractivity contribution in [3.63, 3.8) is 0 Å². The minimum absolute atomic E-state index is 0. The zero-order valence-electron chi connectivity index (χ0n) is 11.4. The van der Waals surface area contributed by atoms with Crippen molar-refractivity contribution in [3.8, 4) is 0 Å². The van der Waals surface area contributed by atoms with Gasteiger partial charge in [-0.05, 0) is 44.7 Å². The molecule has 1 saturated heterocycles. The molecule has 2 N–H and O–H groups in total. The van der Waals surface area contributed by atoms with Gasteiger partial charge in [-0.3, -0.25) is 4.79 Å². The fourth-order valence-electron chi connectivity index (χ4n) is 2.59. The number of halogens is 1. The topological polar surface area (TPSA) is 46.3 Å². The lowest BCUT2D eigenvalue weighted by Gasteiger charge is -2.23. The number of hydrogen-bond donors (Lipinski definition) is 1. The van der Waals surface area contributed by atoms with E-state index in [1.807, 2.05) is 16.2 Å². The lowest BCUT2D eigenvalue weighted by Crippen LogP contribution is -2.39. The minimum atomic E-state index is 0. The summed E-state index contributed by atoms with van der Waals surface area (Å²) in [5.74, 6) is 0.288. The van der Waals surface area contributed by atoms with Crippen LogP contribution in [0.3, 0.4) is 0 Å². The van der Waals surface area contributed by atoms with Crippen molar-refractivity contribution in [1.82, 2.24) is 4.90 Å². The van der Waals surface area contributed by atoms with Gasteiger partial charge < -0.3 is 10.6 Å². The first kappa shape index (κ1) is 16.5. The fourth-order valence-corrected chi connectivity index (χ4v) is 3.52. The summed E-state index contributed by atoms with van der Waals surface area (Å²) in [6.45, 7) is 3.63. The molecule has 19 heavy (non-hydrogen) atoms. The molecule has 0 radical (unpaired) electrons. The summed E-state index contributed by atoms with van der Waals surface area (Å²) in [5.41, 5.74) is 5.69. The van der Waals surface area contributed by atoms with Crippen LogP contribution in [0.5, 0.6) is 0 Å². The van der Waals surface area contributed by atoms with Crippen molar-refractivity contribution in [2.75, 3.05) is 13.1 Å². The second-order valence-corrected chi connectivity index (χ2v) is 6.36. The Hall–Kier alpha value is -0.580. The molecule has 3 nitrogen and oxygen atoms in total. The SMILES string of the molecule is Cc1ccc(CCCC(=O)N2CCCC2CN)s1.Cl. The molecule has 1 unspecified atom stereocenters. The maximum Gasteiger partial charge on any atom is 0.222 e. The van der Waals surface area contributed by atoms with E-state index in [0.717, 1.165) is 32.2 Å². The Morgan fingerprint density at radius 1 is 1.53 bits per heavy atom. The number of aryl methyl sites for hydroxylation is 2.